The van der Waals surface area contributed by atoms with Crippen molar-refractivity contribution < 1.29 is 28.4 Å². The van der Waals surface area contributed by atoms with Crippen LogP contribution in [-0.4, -0.2) is 52.1 Å². The molecule has 0 bridgehead atoms. The Morgan fingerprint density at radius 2 is 1.22 bits per heavy atom. The summed E-state index contributed by atoms with van der Waals surface area (Å²) in [4.78, 5) is 0. The molecule has 6 heteroatoms. The first-order chi connectivity index (χ1) is 13.0. The second-order valence-electron chi connectivity index (χ2n) is 8.54. The molecule has 2 aliphatic heterocycles. The third-order valence-electron chi connectivity index (χ3n) is 6.65. The number of ether oxygens (including phenoxy) is 6. The Labute approximate surface area is 164 Å². The van der Waals surface area contributed by atoms with Crippen LogP contribution in [0.2, 0.25) is 0 Å². The first-order valence-corrected chi connectivity index (χ1v) is 10.8. The first-order valence-electron chi connectivity index (χ1n) is 10.8. The highest BCUT2D eigenvalue weighted by molar-refractivity contribution is 4.87. The summed E-state index contributed by atoms with van der Waals surface area (Å²) in [6, 6.07) is 0. The highest BCUT2D eigenvalue weighted by Gasteiger charge is 2.51. The minimum Gasteiger partial charge on any atom is -0.331 e. The van der Waals surface area contributed by atoms with Gasteiger partial charge in [0.25, 0.3) is 11.9 Å². The molecular weight excluding hydrogens is 348 g/mol. The van der Waals surface area contributed by atoms with Crippen molar-refractivity contribution in [1.82, 2.24) is 0 Å². The van der Waals surface area contributed by atoms with Crippen molar-refractivity contribution in [2.75, 3.05) is 40.1 Å². The van der Waals surface area contributed by atoms with Crippen molar-refractivity contribution in [3.63, 3.8) is 0 Å². The van der Waals surface area contributed by atoms with Crippen LogP contribution in [0.5, 0.6) is 0 Å². The van der Waals surface area contributed by atoms with Crippen molar-refractivity contribution in [2.45, 2.75) is 77.7 Å². The Hall–Kier alpha value is -0.240. The molecule has 3 fully saturated rings. The number of hydrogen-bond donors (Lipinski definition) is 0. The maximum atomic E-state index is 6.19. The highest BCUT2D eigenvalue weighted by Crippen LogP contribution is 2.40. The summed E-state index contributed by atoms with van der Waals surface area (Å²) in [7, 11) is 1.61. The van der Waals surface area contributed by atoms with Gasteiger partial charge in [0.15, 0.2) is 0 Å². The predicted octanol–water partition coefficient (Wildman–Crippen LogP) is 4.07. The Kier molecular flexibility index (Phi) is 7.20. The van der Waals surface area contributed by atoms with E-state index in [4.69, 9.17) is 28.4 Å². The van der Waals surface area contributed by atoms with Gasteiger partial charge in [-0.25, -0.2) is 0 Å². The third kappa shape index (κ3) is 4.85. The summed E-state index contributed by atoms with van der Waals surface area (Å²) < 4.78 is 35.6. The van der Waals surface area contributed by atoms with E-state index in [0.717, 1.165) is 5.92 Å². The Morgan fingerprint density at radius 1 is 0.741 bits per heavy atom. The van der Waals surface area contributed by atoms with Gasteiger partial charge < -0.3 is 28.4 Å². The van der Waals surface area contributed by atoms with Crippen LogP contribution < -0.4 is 0 Å². The molecule has 158 valence electrons. The summed E-state index contributed by atoms with van der Waals surface area (Å²) >= 11 is 0. The quantitative estimate of drug-likeness (QED) is 0.657. The maximum absolute atomic E-state index is 6.19. The Bertz CT molecular complexity index is 436. The van der Waals surface area contributed by atoms with E-state index >= 15 is 0 Å². The molecule has 0 aromatic heterocycles. The van der Waals surface area contributed by atoms with E-state index in [9.17, 15) is 0 Å². The number of hydrogen-bond acceptors (Lipinski definition) is 6. The lowest BCUT2D eigenvalue weighted by atomic mass is 9.81. The lowest BCUT2D eigenvalue weighted by molar-refractivity contribution is -0.463. The average Bonchev–Trinajstić information content (AvgIpc) is 2.75. The van der Waals surface area contributed by atoms with Crippen LogP contribution >= 0.6 is 0 Å². The van der Waals surface area contributed by atoms with Gasteiger partial charge >= 0.3 is 0 Å². The van der Waals surface area contributed by atoms with Gasteiger partial charge in [0.05, 0.1) is 38.4 Å². The standard InChI is InChI=1S/C21H38O6/c1-5-17-8-10-18(11-9-17)12-23-21(7-3)26-15-19(16-27-21)13-24-20(6-2,22-4)25-14-19/h17-18H,5-16H2,1-4H3. The molecule has 2 saturated heterocycles. The molecule has 0 atom stereocenters. The molecule has 0 N–H and O–H groups in total. The van der Waals surface area contributed by atoms with Crippen molar-refractivity contribution in [3.05, 3.63) is 0 Å². The average molecular weight is 387 g/mol. The van der Waals surface area contributed by atoms with E-state index in [1.165, 1.54) is 32.1 Å². The number of methoxy groups -OCH3 is 1. The largest absolute Gasteiger partial charge is 0.331 e. The normalized spacial score (nSPS) is 43.1. The fraction of sp³-hybridized carbons (Fsp3) is 1.00. The van der Waals surface area contributed by atoms with Gasteiger partial charge in [-0.05, 0) is 24.7 Å². The van der Waals surface area contributed by atoms with Crippen LogP contribution in [0.15, 0.2) is 0 Å². The van der Waals surface area contributed by atoms with Gasteiger partial charge in [-0.1, -0.05) is 40.0 Å². The van der Waals surface area contributed by atoms with E-state index < -0.39 is 11.9 Å². The monoisotopic (exact) mass is 386 g/mol. The molecule has 1 saturated carbocycles. The molecule has 0 radical (unpaired) electrons. The van der Waals surface area contributed by atoms with Gasteiger partial charge in [-0.15, -0.1) is 0 Å². The third-order valence-corrected chi connectivity index (χ3v) is 6.65. The first kappa shape index (κ1) is 21.5. The van der Waals surface area contributed by atoms with Crippen LogP contribution in [0.3, 0.4) is 0 Å². The van der Waals surface area contributed by atoms with Crippen molar-refractivity contribution in [1.29, 1.82) is 0 Å². The van der Waals surface area contributed by atoms with E-state index in [2.05, 4.69) is 6.92 Å². The molecule has 2 heterocycles. The highest BCUT2D eigenvalue weighted by atomic mass is 16.9. The molecule has 0 aromatic carbocycles. The van der Waals surface area contributed by atoms with Gasteiger partial charge in [0, 0.05) is 20.0 Å². The minimum atomic E-state index is -0.932. The van der Waals surface area contributed by atoms with E-state index in [0.29, 0.717) is 51.8 Å². The van der Waals surface area contributed by atoms with Gasteiger partial charge in [-0.3, -0.25) is 0 Å². The summed E-state index contributed by atoms with van der Waals surface area (Å²) in [5.74, 6) is -0.337. The zero-order valence-corrected chi connectivity index (χ0v) is 17.6. The summed E-state index contributed by atoms with van der Waals surface area (Å²) in [6.45, 7) is 9.05. The summed E-state index contributed by atoms with van der Waals surface area (Å²) in [6.07, 6.45) is 7.76. The SMILES string of the molecule is CCC1CCC(COC2(CC)OCC3(COC(CC)(OC)OC3)CO2)CC1. The topological polar surface area (TPSA) is 55.4 Å². The zero-order chi connectivity index (χ0) is 19.4. The Morgan fingerprint density at radius 3 is 1.67 bits per heavy atom. The fourth-order valence-electron chi connectivity index (χ4n) is 4.29. The molecule has 0 unspecified atom stereocenters. The van der Waals surface area contributed by atoms with Crippen LogP contribution in [0.4, 0.5) is 0 Å². The molecule has 3 aliphatic rings. The molecular formula is C21H38O6. The molecule has 3 rings (SSSR count). The maximum Gasteiger partial charge on any atom is 0.282 e. The van der Waals surface area contributed by atoms with Crippen LogP contribution in [-0.2, 0) is 28.4 Å². The van der Waals surface area contributed by atoms with Crippen LogP contribution in [0.25, 0.3) is 0 Å². The van der Waals surface area contributed by atoms with Gasteiger partial charge in [0.1, 0.15) is 0 Å². The van der Waals surface area contributed by atoms with E-state index in [-0.39, 0.29) is 5.41 Å². The van der Waals surface area contributed by atoms with Crippen LogP contribution in [0.1, 0.15) is 65.7 Å². The molecule has 1 aliphatic carbocycles. The predicted molar refractivity (Wildman–Crippen MR) is 101 cm³/mol. The number of rotatable bonds is 7. The van der Waals surface area contributed by atoms with Crippen molar-refractivity contribution in [3.8, 4) is 0 Å². The molecule has 0 amide bonds. The second kappa shape index (κ2) is 9.06. The fourth-order valence-corrected chi connectivity index (χ4v) is 4.29. The smallest absolute Gasteiger partial charge is 0.282 e. The molecule has 1 spiro atoms. The van der Waals surface area contributed by atoms with Crippen molar-refractivity contribution >= 4 is 0 Å². The summed E-state index contributed by atoms with van der Waals surface area (Å²) in [5.41, 5.74) is -0.293. The molecule has 27 heavy (non-hydrogen) atoms. The Balaban J connectivity index is 1.47. The molecule has 6 nitrogen and oxygen atoms in total. The van der Waals surface area contributed by atoms with Crippen molar-refractivity contribution in [2.24, 2.45) is 17.3 Å². The van der Waals surface area contributed by atoms with Crippen LogP contribution in [0, 0.1) is 17.3 Å². The van der Waals surface area contributed by atoms with E-state index in [1.54, 1.807) is 7.11 Å². The zero-order valence-electron chi connectivity index (χ0n) is 17.6. The minimum absolute atomic E-state index is 0.293. The van der Waals surface area contributed by atoms with Gasteiger partial charge in [-0.2, -0.15) is 0 Å². The lowest BCUT2D eigenvalue weighted by Crippen LogP contribution is -2.59. The molecule has 0 aromatic rings. The van der Waals surface area contributed by atoms with E-state index in [1.807, 2.05) is 13.8 Å². The lowest BCUT2D eigenvalue weighted by Gasteiger charge is -2.49. The summed E-state index contributed by atoms with van der Waals surface area (Å²) in [5, 5.41) is 0. The van der Waals surface area contributed by atoms with Gasteiger partial charge in [0.2, 0.25) is 0 Å². The second-order valence-corrected chi connectivity index (χ2v) is 8.54.